The smallest absolute Gasteiger partial charge is 0.337 e. The van der Waals surface area contributed by atoms with E-state index in [1.165, 1.54) is 12.7 Å². The largest absolute Gasteiger partial charge is 0.465 e. The number of carbonyl (C=O) groups excluding carboxylic acids is 1. The molecule has 0 radical (unpaired) electrons. The second-order valence-corrected chi connectivity index (χ2v) is 7.96. The van der Waals surface area contributed by atoms with Crippen LogP contribution in [0.1, 0.15) is 22.3 Å². The van der Waals surface area contributed by atoms with Crippen LogP contribution in [0.3, 0.4) is 0 Å². The molecule has 0 bridgehead atoms. The highest BCUT2D eigenvalue weighted by Gasteiger charge is 2.09. The summed E-state index contributed by atoms with van der Waals surface area (Å²) < 4.78 is 4.71. The molecule has 2 aromatic carbocycles. The highest BCUT2D eigenvalue weighted by molar-refractivity contribution is 7.98. The van der Waals surface area contributed by atoms with Gasteiger partial charge in [0.25, 0.3) is 0 Å². The first-order chi connectivity index (χ1) is 13.0. The van der Waals surface area contributed by atoms with Crippen molar-refractivity contribution in [3.05, 3.63) is 63.6 Å². The maximum absolute atomic E-state index is 11.6. The zero-order valence-electron chi connectivity index (χ0n) is 14.8. The summed E-state index contributed by atoms with van der Waals surface area (Å²) >= 11 is 19.2. The van der Waals surface area contributed by atoms with E-state index in [1.807, 2.05) is 36.0 Å². The average molecular weight is 443 g/mol. The predicted octanol–water partition coefficient (Wildman–Crippen LogP) is 5.39. The molecule has 0 aliphatic heterocycles. The van der Waals surface area contributed by atoms with Gasteiger partial charge >= 0.3 is 5.97 Å². The summed E-state index contributed by atoms with van der Waals surface area (Å²) in [6.45, 7) is 0.744. The van der Waals surface area contributed by atoms with Gasteiger partial charge in [0.15, 0.2) is 5.11 Å². The van der Waals surface area contributed by atoms with E-state index in [-0.39, 0.29) is 0 Å². The third-order valence-corrected chi connectivity index (χ3v) is 5.51. The zero-order chi connectivity index (χ0) is 19.6. The maximum Gasteiger partial charge on any atom is 0.337 e. The van der Waals surface area contributed by atoms with Crippen molar-refractivity contribution in [3.8, 4) is 0 Å². The van der Waals surface area contributed by atoms with Crippen LogP contribution in [0.25, 0.3) is 0 Å². The quantitative estimate of drug-likeness (QED) is 0.324. The lowest BCUT2D eigenvalue weighted by atomic mass is 10.2. The van der Waals surface area contributed by atoms with E-state index in [9.17, 15) is 4.79 Å². The number of ether oxygens (including phenoxy) is 1. The molecule has 2 aromatic rings. The predicted molar refractivity (Wildman–Crippen MR) is 119 cm³/mol. The van der Waals surface area contributed by atoms with Crippen LogP contribution in [0.2, 0.25) is 10.0 Å². The van der Waals surface area contributed by atoms with Crippen molar-refractivity contribution >= 4 is 64.0 Å². The lowest BCUT2D eigenvalue weighted by Crippen LogP contribution is -2.29. The zero-order valence-corrected chi connectivity index (χ0v) is 17.9. The summed E-state index contributed by atoms with van der Waals surface area (Å²) in [5, 5.41) is 7.85. The summed E-state index contributed by atoms with van der Waals surface area (Å²) in [5.74, 6) is 1.54. The lowest BCUT2D eigenvalue weighted by Gasteiger charge is -2.12. The Morgan fingerprint density at radius 1 is 1.19 bits per heavy atom. The first-order valence-corrected chi connectivity index (χ1v) is 10.6. The van der Waals surface area contributed by atoms with Gasteiger partial charge in [-0.1, -0.05) is 35.3 Å². The summed E-state index contributed by atoms with van der Waals surface area (Å²) in [4.78, 5) is 11.6. The molecule has 0 saturated heterocycles. The second-order valence-electron chi connectivity index (χ2n) is 5.60. The molecule has 2 N–H and O–H groups in total. The van der Waals surface area contributed by atoms with Crippen LogP contribution in [0.15, 0.2) is 42.5 Å². The van der Waals surface area contributed by atoms with Crippen LogP contribution in [0, 0.1) is 0 Å². The minimum absolute atomic E-state index is 0.408. The highest BCUT2D eigenvalue weighted by atomic mass is 35.5. The van der Waals surface area contributed by atoms with E-state index in [0.717, 1.165) is 29.5 Å². The Morgan fingerprint density at radius 2 is 1.93 bits per heavy atom. The van der Waals surface area contributed by atoms with Crippen LogP contribution in [0.5, 0.6) is 0 Å². The molecule has 0 unspecified atom stereocenters. The van der Waals surface area contributed by atoms with Gasteiger partial charge in [0.2, 0.25) is 0 Å². The molecule has 0 heterocycles. The van der Waals surface area contributed by atoms with Crippen molar-refractivity contribution < 1.29 is 9.53 Å². The highest BCUT2D eigenvalue weighted by Crippen LogP contribution is 2.23. The molecule has 27 heavy (non-hydrogen) atoms. The standard InChI is InChI=1S/C19H20Cl2N2O2S2/c1-25-18(24)14-5-8-16(21)17(11-14)23-19(26)22-9-2-10-27-12-13-3-6-15(20)7-4-13/h3-8,11H,2,9-10,12H2,1H3,(H2,22,23,26). The minimum Gasteiger partial charge on any atom is -0.465 e. The van der Waals surface area contributed by atoms with E-state index in [4.69, 9.17) is 40.2 Å². The van der Waals surface area contributed by atoms with Crippen molar-refractivity contribution in [1.29, 1.82) is 0 Å². The number of halogens is 2. The summed E-state index contributed by atoms with van der Waals surface area (Å²) in [7, 11) is 1.33. The number of rotatable bonds is 8. The normalized spacial score (nSPS) is 10.3. The number of anilines is 1. The fourth-order valence-corrected chi connectivity index (χ4v) is 3.60. The molecule has 0 spiro atoms. The molecule has 2 rings (SSSR count). The number of thiocarbonyl (C=S) groups is 1. The monoisotopic (exact) mass is 442 g/mol. The van der Waals surface area contributed by atoms with Gasteiger partial charge in [-0.3, -0.25) is 0 Å². The third-order valence-electron chi connectivity index (χ3n) is 3.57. The fourth-order valence-electron chi connectivity index (χ4n) is 2.18. The number of thioether (sulfide) groups is 1. The molecule has 0 aliphatic rings. The molecule has 0 aromatic heterocycles. The second kappa shape index (κ2) is 11.4. The number of nitrogens with one attached hydrogen (secondary N) is 2. The van der Waals surface area contributed by atoms with Gasteiger partial charge in [-0.05, 0) is 60.3 Å². The number of hydrogen-bond donors (Lipinski definition) is 2. The topological polar surface area (TPSA) is 50.4 Å². The SMILES string of the molecule is COC(=O)c1ccc(Cl)c(NC(=S)NCCCSCc2ccc(Cl)cc2)c1. The number of esters is 1. The van der Waals surface area contributed by atoms with Gasteiger partial charge in [0, 0.05) is 17.3 Å². The van der Waals surface area contributed by atoms with E-state index in [1.54, 1.807) is 18.2 Å². The van der Waals surface area contributed by atoms with Crippen LogP contribution in [-0.4, -0.2) is 30.5 Å². The van der Waals surface area contributed by atoms with Gasteiger partial charge in [0.1, 0.15) is 0 Å². The number of methoxy groups -OCH3 is 1. The van der Waals surface area contributed by atoms with E-state index in [2.05, 4.69) is 10.6 Å². The molecule has 8 heteroatoms. The molecule has 0 fully saturated rings. The Hall–Kier alpha value is -1.47. The lowest BCUT2D eigenvalue weighted by molar-refractivity contribution is 0.0601. The van der Waals surface area contributed by atoms with E-state index in [0.29, 0.717) is 21.4 Å². The van der Waals surface area contributed by atoms with Gasteiger partial charge < -0.3 is 15.4 Å². The van der Waals surface area contributed by atoms with E-state index >= 15 is 0 Å². The van der Waals surface area contributed by atoms with Crippen molar-refractivity contribution in [3.63, 3.8) is 0 Å². The molecule has 4 nitrogen and oxygen atoms in total. The Labute approximate surface area is 179 Å². The molecule has 0 amide bonds. The Morgan fingerprint density at radius 3 is 2.63 bits per heavy atom. The van der Waals surface area contributed by atoms with Crippen molar-refractivity contribution in [1.82, 2.24) is 5.32 Å². The molecule has 0 saturated carbocycles. The third kappa shape index (κ3) is 7.58. The van der Waals surface area contributed by atoms with Gasteiger partial charge in [-0.25, -0.2) is 4.79 Å². The Kier molecular flexibility index (Phi) is 9.21. The molecule has 0 atom stereocenters. The van der Waals surface area contributed by atoms with Crippen molar-refractivity contribution in [2.45, 2.75) is 12.2 Å². The molecular formula is C19H20Cl2N2O2S2. The number of benzene rings is 2. The first-order valence-electron chi connectivity index (χ1n) is 8.24. The van der Waals surface area contributed by atoms with E-state index < -0.39 is 5.97 Å². The van der Waals surface area contributed by atoms with Crippen LogP contribution in [-0.2, 0) is 10.5 Å². The van der Waals surface area contributed by atoms with Crippen LogP contribution in [0.4, 0.5) is 5.69 Å². The summed E-state index contributed by atoms with van der Waals surface area (Å²) in [6.07, 6.45) is 0.968. The van der Waals surface area contributed by atoms with Gasteiger partial charge in [-0.15, -0.1) is 0 Å². The molecule has 0 aliphatic carbocycles. The summed E-state index contributed by atoms with van der Waals surface area (Å²) in [6, 6.07) is 12.7. The van der Waals surface area contributed by atoms with Crippen molar-refractivity contribution in [2.75, 3.05) is 24.7 Å². The first kappa shape index (κ1) is 21.8. The average Bonchev–Trinajstić information content (AvgIpc) is 2.67. The van der Waals surface area contributed by atoms with Gasteiger partial charge in [-0.2, -0.15) is 11.8 Å². The molecular weight excluding hydrogens is 423 g/mol. The van der Waals surface area contributed by atoms with Crippen LogP contribution < -0.4 is 10.6 Å². The Bertz CT molecular complexity index is 786. The Balaban J connectivity index is 1.69. The van der Waals surface area contributed by atoms with Gasteiger partial charge in [0.05, 0.1) is 23.4 Å². The fraction of sp³-hybridized carbons (Fsp3) is 0.263. The summed E-state index contributed by atoms with van der Waals surface area (Å²) in [5.41, 5.74) is 2.23. The number of hydrogen-bond acceptors (Lipinski definition) is 4. The molecule has 144 valence electrons. The maximum atomic E-state index is 11.6. The number of carbonyl (C=O) groups is 1. The van der Waals surface area contributed by atoms with Crippen LogP contribution >= 0.6 is 47.2 Å². The van der Waals surface area contributed by atoms with Crippen molar-refractivity contribution in [2.24, 2.45) is 0 Å². The minimum atomic E-state index is -0.425.